The van der Waals surface area contributed by atoms with Crippen molar-refractivity contribution in [1.29, 1.82) is 0 Å². The molecule has 6 nitrogen and oxygen atoms in total. The van der Waals surface area contributed by atoms with Crippen molar-refractivity contribution >= 4 is 10.0 Å². The van der Waals surface area contributed by atoms with Gasteiger partial charge in [0.15, 0.2) is 0 Å². The molecule has 1 aliphatic rings. The first-order valence-electron chi connectivity index (χ1n) is 7.78. The lowest BCUT2D eigenvalue weighted by Crippen LogP contribution is -2.27. The third-order valence-electron chi connectivity index (χ3n) is 3.86. The van der Waals surface area contributed by atoms with Gasteiger partial charge in [-0.25, -0.2) is 13.1 Å². The van der Waals surface area contributed by atoms with Gasteiger partial charge in [-0.3, -0.25) is 4.98 Å². The second-order valence-electron chi connectivity index (χ2n) is 6.08. The Labute approximate surface area is 141 Å². The zero-order valence-electron chi connectivity index (χ0n) is 13.5. The van der Waals surface area contributed by atoms with Gasteiger partial charge >= 0.3 is 0 Å². The number of aliphatic hydroxyl groups is 1. The molecule has 0 spiro atoms. The topological polar surface area (TPSA) is 88.5 Å². The number of sulfonamides is 1. The minimum absolute atomic E-state index is 0.0412. The van der Waals surface area contributed by atoms with Crippen LogP contribution >= 0.6 is 0 Å². The van der Waals surface area contributed by atoms with E-state index in [-0.39, 0.29) is 11.0 Å². The maximum atomic E-state index is 12.7. The lowest BCUT2D eigenvalue weighted by atomic mass is 10.1. The van der Waals surface area contributed by atoms with Crippen LogP contribution in [-0.2, 0) is 10.0 Å². The van der Waals surface area contributed by atoms with E-state index in [0.29, 0.717) is 12.2 Å². The molecule has 3 rings (SSSR count). The highest BCUT2D eigenvalue weighted by Gasteiger charge is 2.32. The number of ether oxygens (including phenoxy) is 1. The molecule has 1 aromatic heterocycles. The molecule has 2 N–H and O–H groups in total. The summed E-state index contributed by atoms with van der Waals surface area (Å²) in [5.74, 6) is 0.403. The number of hydrogen-bond acceptors (Lipinski definition) is 5. The Kier molecular flexibility index (Phi) is 4.58. The average molecular weight is 348 g/mol. The summed E-state index contributed by atoms with van der Waals surface area (Å²) in [5.41, 5.74) is 1.57. The average Bonchev–Trinajstić information content (AvgIpc) is 2.83. The summed E-state index contributed by atoms with van der Waals surface area (Å²) in [7, 11) is -3.77. The molecule has 1 aromatic carbocycles. The lowest BCUT2D eigenvalue weighted by Gasteiger charge is -2.15. The number of aromatic nitrogens is 1. The van der Waals surface area contributed by atoms with Crippen molar-refractivity contribution in [2.45, 2.75) is 43.4 Å². The summed E-state index contributed by atoms with van der Waals surface area (Å²) < 4.78 is 33.5. The van der Waals surface area contributed by atoms with E-state index >= 15 is 0 Å². The minimum Gasteiger partial charge on any atom is -0.489 e. The van der Waals surface area contributed by atoms with E-state index in [1.165, 1.54) is 18.5 Å². The molecule has 0 saturated carbocycles. The second-order valence-corrected chi connectivity index (χ2v) is 7.79. The Morgan fingerprint density at radius 2 is 1.96 bits per heavy atom. The first kappa shape index (κ1) is 16.9. The van der Waals surface area contributed by atoms with Crippen molar-refractivity contribution in [3.63, 3.8) is 0 Å². The zero-order chi connectivity index (χ0) is 17.3. The van der Waals surface area contributed by atoms with E-state index < -0.39 is 22.2 Å². The van der Waals surface area contributed by atoms with Crippen LogP contribution in [0.15, 0.2) is 47.6 Å². The van der Waals surface area contributed by atoms with Crippen LogP contribution in [0.1, 0.15) is 43.5 Å². The van der Waals surface area contributed by atoms with Gasteiger partial charge in [-0.1, -0.05) is 24.3 Å². The summed E-state index contributed by atoms with van der Waals surface area (Å²) in [6, 6.07) is 8.29. The van der Waals surface area contributed by atoms with E-state index in [0.717, 1.165) is 11.1 Å². The van der Waals surface area contributed by atoms with Gasteiger partial charge < -0.3 is 9.84 Å². The van der Waals surface area contributed by atoms with Crippen LogP contribution in [0.25, 0.3) is 0 Å². The molecule has 0 fully saturated rings. The molecular formula is C17H20N2O4S. The van der Waals surface area contributed by atoms with Crippen LogP contribution in [0, 0.1) is 0 Å². The molecule has 2 atom stereocenters. The normalized spacial score (nSPS) is 20.2. The summed E-state index contributed by atoms with van der Waals surface area (Å²) in [6.07, 6.45) is 2.34. The standard InChI is InChI=1S/C17H20N2O4S/c1-11(2)23-12-7-13(10-18-9-12)24(21,22)19-16-8-17(20)15-6-4-3-5-14(15)16/h3-7,9-11,16-17,19-20H,8H2,1-2H3. The maximum absolute atomic E-state index is 12.7. The number of nitrogens with zero attached hydrogens (tertiary/aromatic N) is 1. The largest absolute Gasteiger partial charge is 0.489 e. The molecule has 0 radical (unpaired) electrons. The molecule has 2 unspecified atom stereocenters. The Hall–Kier alpha value is -1.96. The number of fused-ring (bicyclic) bond motifs is 1. The predicted octanol–water partition coefficient (Wildman–Crippen LogP) is 2.33. The molecule has 1 heterocycles. The molecule has 1 aliphatic carbocycles. The van der Waals surface area contributed by atoms with Crippen molar-refractivity contribution in [1.82, 2.24) is 9.71 Å². The predicted molar refractivity (Wildman–Crippen MR) is 89.1 cm³/mol. The molecular weight excluding hydrogens is 328 g/mol. The fourth-order valence-corrected chi connectivity index (χ4v) is 4.06. The summed E-state index contributed by atoms with van der Waals surface area (Å²) in [6.45, 7) is 3.71. The number of benzene rings is 1. The summed E-state index contributed by atoms with van der Waals surface area (Å²) >= 11 is 0. The Bertz CT molecular complexity index is 836. The van der Waals surface area contributed by atoms with Crippen LogP contribution in [0.2, 0.25) is 0 Å². The first-order valence-corrected chi connectivity index (χ1v) is 9.26. The molecule has 2 aromatic rings. The Balaban J connectivity index is 1.85. The highest BCUT2D eigenvalue weighted by Crippen LogP contribution is 2.39. The Morgan fingerprint density at radius 1 is 1.25 bits per heavy atom. The molecule has 0 saturated heterocycles. The number of nitrogens with one attached hydrogen (secondary N) is 1. The summed E-state index contributed by atoms with van der Waals surface area (Å²) in [4.78, 5) is 3.99. The van der Waals surface area contributed by atoms with E-state index in [9.17, 15) is 13.5 Å². The molecule has 128 valence electrons. The van der Waals surface area contributed by atoms with E-state index in [1.54, 1.807) is 0 Å². The fraction of sp³-hybridized carbons (Fsp3) is 0.353. The van der Waals surface area contributed by atoms with Crippen LogP contribution in [0.5, 0.6) is 5.75 Å². The van der Waals surface area contributed by atoms with Crippen LogP contribution < -0.4 is 9.46 Å². The quantitative estimate of drug-likeness (QED) is 0.866. The smallest absolute Gasteiger partial charge is 0.242 e. The van der Waals surface area contributed by atoms with Gasteiger partial charge in [-0.15, -0.1) is 0 Å². The second kappa shape index (κ2) is 6.51. The molecule has 0 bridgehead atoms. The van der Waals surface area contributed by atoms with Gasteiger partial charge in [0, 0.05) is 12.3 Å². The minimum atomic E-state index is -3.77. The lowest BCUT2D eigenvalue weighted by molar-refractivity contribution is 0.172. The van der Waals surface area contributed by atoms with Crippen LogP contribution in [0.4, 0.5) is 0 Å². The molecule has 0 aliphatic heterocycles. The van der Waals surface area contributed by atoms with Gasteiger partial charge in [0.1, 0.15) is 10.6 Å². The third kappa shape index (κ3) is 3.43. The Morgan fingerprint density at radius 3 is 2.67 bits per heavy atom. The third-order valence-corrected chi connectivity index (χ3v) is 5.30. The van der Waals surface area contributed by atoms with Crippen molar-refractivity contribution in [3.8, 4) is 5.75 Å². The van der Waals surface area contributed by atoms with E-state index in [4.69, 9.17) is 4.74 Å². The van der Waals surface area contributed by atoms with Gasteiger partial charge in [0.2, 0.25) is 10.0 Å². The maximum Gasteiger partial charge on any atom is 0.242 e. The van der Waals surface area contributed by atoms with Crippen molar-refractivity contribution in [3.05, 3.63) is 53.9 Å². The van der Waals surface area contributed by atoms with Gasteiger partial charge in [-0.05, 0) is 31.4 Å². The SMILES string of the molecule is CC(C)Oc1cncc(S(=O)(=O)NC2CC(O)c3ccccc32)c1. The highest BCUT2D eigenvalue weighted by atomic mass is 32.2. The van der Waals surface area contributed by atoms with Gasteiger partial charge in [0.25, 0.3) is 0 Å². The number of pyridine rings is 1. The van der Waals surface area contributed by atoms with Crippen LogP contribution in [-0.4, -0.2) is 24.6 Å². The van der Waals surface area contributed by atoms with E-state index in [1.807, 2.05) is 38.1 Å². The summed E-state index contributed by atoms with van der Waals surface area (Å²) in [5, 5.41) is 10.1. The van der Waals surface area contributed by atoms with Crippen LogP contribution in [0.3, 0.4) is 0 Å². The van der Waals surface area contributed by atoms with Gasteiger partial charge in [-0.2, -0.15) is 0 Å². The monoisotopic (exact) mass is 348 g/mol. The first-order chi connectivity index (χ1) is 11.4. The molecule has 7 heteroatoms. The highest BCUT2D eigenvalue weighted by molar-refractivity contribution is 7.89. The van der Waals surface area contributed by atoms with Crippen molar-refractivity contribution in [2.24, 2.45) is 0 Å². The number of aliphatic hydroxyl groups excluding tert-OH is 1. The zero-order valence-corrected chi connectivity index (χ0v) is 14.3. The number of hydrogen-bond donors (Lipinski definition) is 2. The fourth-order valence-electron chi connectivity index (χ4n) is 2.86. The number of rotatable bonds is 5. The van der Waals surface area contributed by atoms with Crippen molar-refractivity contribution < 1.29 is 18.3 Å². The van der Waals surface area contributed by atoms with Gasteiger partial charge in [0.05, 0.1) is 24.4 Å². The van der Waals surface area contributed by atoms with E-state index in [2.05, 4.69) is 9.71 Å². The van der Waals surface area contributed by atoms with Crippen molar-refractivity contribution in [2.75, 3.05) is 0 Å². The molecule has 24 heavy (non-hydrogen) atoms. The molecule has 0 amide bonds.